The van der Waals surface area contributed by atoms with Gasteiger partial charge in [0.05, 0.1) is 0 Å². The summed E-state index contributed by atoms with van der Waals surface area (Å²) in [5.74, 6) is 0.582. The number of rotatable bonds is 5. The van der Waals surface area contributed by atoms with E-state index in [-0.39, 0.29) is 24.6 Å². The van der Waals surface area contributed by atoms with E-state index in [2.05, 4.69) is 33.2 Å². The number of piperidine rings is 1. The molecule has 1 aromatic rings. The van der Waals surface area contributed by atoms with Crippen molar-refractivity contribution in [2.24, 2.45) is 0 Å². The first-order chi connectivity index (χ1) is 13.1. The fourth-order valence-corrected chi connectivity index (χ4v) is 4.05. The van der Waals surface area contributed by atoms with Crippen LogP contribution in [0.15, 0.2) is 24.3 Å². The predicted octanol–water partition coefficient (Wildman–Crippen LogP) is 3.29. The molecular weight excluding hydrogens is 457 g/mol. The van der Waals surface area contributed by atoms with E-state index in [1.54, 1.807) is 0 Å². The lowest BCUT2D eigenvalue weighted by atomic mass is 9.95. The Bertz CT molecular complexity index is 624. The van der Waals surface area contributed by atoms with Crippen LogP contribution in [0.2, 0.25) is 0 Å². The molecule has 3 rings (SSSR count). The third kappa shape index (κ3) is 6.55. The minimum Gasteiger partial charge on any atom is -0.484 e. The number of nitrogens with one attached hydrogen (secondary N) is 2. The highest BCUT2D eigenvalue weighted by atomic mass is 127. The first-order valence-electron chi connectivity index (χ1n) is 9.83. The first kappa shape index (κ1) is 20.2. The van der Waals surface area contributed by atoms with Crippen molar-refractivity contribution in [2.45, 2.75) is 57.0 Å². The van der Waals surface area contributed by atoms with Gasteiger partial charge in [-0.3, -0.25) is 4.79 Å². The maximum Gasteiger partial charge on any atom is 0.317 e. The second-order valence-electron chi connectivity index (χ2n) is 7.36. The van der Waals surface area contributed by atoms with Crippen LogP contribution in [-0.2, 0) is 4.79 Å². The number of amides is 3. The van der Waals surface area contributed by atoms with Crippen LogP contribution in [0.25, 0.3) is 0 Å². The van der Waals surface area contributed by atoms with Gasteiger partial charge in [0.15, 0.2) is 6.61 Å². The third-order valence-corrected chi connectivity index (χ3v) is 5.98. The van der Waals surface area contributed by atoms with Crippen LogP contribution in [0.1, 0.15) is 44.9 Å². The lowest BCUT2D eigenvalue weighted by Crippen LogP contribution is -2.51. The summed E-state index contributed by atoms with van der Waals surface area (Å²) in [5.41, 5.74) is 0. The van der Waals surface area contributed by atoms with Crippen LogP contribution in [-0.4, -0.2) is 48.6 Å². The standard InChI is InChI=1S/C20H28IN3O3/c21-15-6-8-18(9-7-15)27-14-19(25)22-17-10-12-24(13-11-17)20(26)23-16-4-2-1-3-5-16/h6-9,16-17H,1-5,10-14H2,(H,22,25)(H,23,26). The van der Waals surface area contributed by atoms with Crippen molar-refractivity contribution in [1.29, 1.82) is 0 Å². The molecular formula is C20H28IN3O3. The van der Waals surface area contributed by atoms with Gasteiger partial charge in [-0.2, -0.15) is 0 Å². The number of ether oxygens (including phenoxy) is 1. The minimum absolute atomic E-state index is 0.0168. The van der Waals surface area contributed by atoms with Gasteiger partial charge in [-0.1, -0.05) is 19.3 Å². The number of carbonyl (C=O) groups is 2. The highest BCUT2D eigenvalue weighted by molar-refractivity contribution is 14.1. The fraction of sp³-hybridized carbons (Fsp3) is 0.600. The van der Waals surface area contributed by atoms with Gasteiger partial charge in [-0.15, -0.1) is 0 Å². The minimum atomic E-state index is -0.112. The number of likely N-dealkylation sites (tertiary alicyclic amines) is 1. The molecule has 148 valence electrons. The van der Waals surface area contributed by atoms with Gasteiger partial charge in [0.2, 0.25) is 0 Å². The highest BCUT2D eigenvalue weighted by Crippen LogP contribution is 2.18. The number of nitrogens with zero attached hydrogens (tertiary/aromatic N) is 1. The van der Waals surface area contributed by atoms with Crippen molar-refractivity contribution in [3.8, 4) is 5.75 Å². The molecule has 27 heavy (non-hydrogen) atoms. The smallest absolute Gasteiger partial charge is 0.317 e. The number of halogens is 1. The molecule has 0 spiro atoms. The molecule has 2 aliphatic rings. The van der Waals surface area contributed by atoms with Crippen molar-refractivity contribution in [1.82, 2.24) is 15.5 Å². The molecule has 7 heteroatoms. The summed E-state index contributed by atoms with van der Waals surface area (Å²) in [6.07, 6.45) is 7.47. The largest absolute Gasteiger partial charge is 0.484 e. The third-order valence-electron chi connectivity index (χ3n) is 5.26. The van der Waals surface area contributed by atoms with Crippen molar-refractivity contribution < 1.29 is 14.3 Å². The summed E-state index contributed by atoms with van der Waals surface area (Å²) in [5, 5.41) is 6.18. The van der Waals surface area contributed by atoms with Crippen LogP contribution in [0, 0.1) is 3.57 Å². The number of hydrogen-bond donors (Lipinski definition) is 2. The molecule has 0 unspecified atom stereocenters. The number of urea groups is 1. The molecule has 1 heterocycles. The van der Waals surface area contributed by atoms with Crippen LogP contribution >= 0.6 is 22.6 Å². The van der Waals surface area contributed by atoms with Crippen molar-refractivity contribution in [2.75, 3.05) is 19.7 Å². The van der Waals surface area contributed by atoms with Gasteiger partial charge >= 0.3 is 6.03 Å². The Morgan fingerprint density at radius 1 is 0.963 bits per heavy atom. The molecule has 2 fully saturated rings. The van der Waals surface area contributed by atoms with E-state index in [0.29, 0.717) is 24.9 Å². The molecule has 0 radical (unpaired) electrons. The van der Waals surface area contributed by atoms with Gasteiger partial charge in [-0.25, -0.2) is 4.79 Å². The topological polar surface area (TPSA) is 70.7 Å². The molecule has 3 amide bonds. The average molecular weight is 485 g/mol. The Morgan fingerprint density at radius 2 is 1.59 bits per heavy atom. The van der Waals surface area contributed by atoms with E-state index >= 15 is 0 Å². The Kier molecular flexibility index (Phi) is 7.60. The summed E-state index contributed by atoms with van der Waals surface area (Å²) >= 11 is 2.23. The Labute approximate surface area is 174 Å². The van der Waals surface area contributed by atoms with Gasteiger partial charge < -0.3 is 20.3 Å². The van der Waals surface area contributed by atoms with E-state index in [4.69, 9.17) is 4.74 Å². The molecule has 1 saturated heterocycles. The van der Waals surface area contributed by atoms with E-state index < -0.39 is 0 Å². The molecule has 1 aliphatic carbocycles. The summed E-state index contributed by atoms with van der Waals surface area (Å²) in [6, 6.07) is 8.10. The summed E-state index contributed by atoms with van der Waals surface area (Å²) in [7, 11) is 0. The monoisotopic (exact) mass is 485 g/mol. The van der Waals surface area contributed by atoms with Crippen molar-refractivity contribution in [3.63, 3.8) is 0 Å². The molecule has 1 aliphatic heterocycles. The van der Waals surface area contributed by atoms with Crippen LogP contribution < -0.4 is 15.4 Å². The quantitative estimate of drug-likeness (QED) is 0.629. The van der Waals surface area contributed by atoms with Gasteiger partial charge in [0.25, 0.3) is 5.91 Å². The molecule has 6 nitrogen and oxygen atoms in total. The zero-order valence-electron chi connectivity index (χ0n) is 15.6. The summed E-state index contributed by atoms with van der Waals surface area (Å²) < 4.78 is 6.65. The van der Waals surface area contributed by atoms with Crippen LogP contribution in [0.3, 0.4) is 0 Å². The normalized spacial score (nSPS) is 18.8. The maximum atomic E-state index is 12.4. The lowest BCUT2D eigenvalue weighted by molar-refractivity contribution is -0.124. The Morgan fingerprint density at radius 3 is 2.26 bits per heavy atom. The van der Waals surface area contributed by atoms with E-state index in [1.807, 2.05) is 29.2 Å². The molecule has 1 saturated carbocycles. The Balaban J connectivity index is 1.34. The van der Waals surface area contributed by atoms with Crippen LogP contribution in [0.5, 0.6) is 5.75 Å². The number of benzene rings is 1. The maximum absolute atomic E-state index is 12.4. The van der Waals surface area contributed by atoms with E-state index in [9.17, 15) is 9.59 Å². The van der Waals surface area contributed by atoms with Crippen LogP contribution in [0.4, 0.5) is 4.79 Å². The van der Waals surface area contributed by atoms with E-state index in [1.165, 1.54) is 19.3 Å². The first-order valence-corrected chi connectivity index (χ1v) is 10.9. The zero-order chi connectivity index (χ0) is 19.1. The Hall–Kier alpha value is -1.51. The molecule has 1 aromatic carbocycles. The average Bonchev–Trinajstić information content (AvgIpc) is 2.69. The fourth-order valence-electron chi connectivity index (χ4n) is 3.69. The second kappa shape index (κ2) is 10.1. The van der Waals surface area contributed by atoms with Crippen molar-refractivity contribution in [3.05, 3.63) is 27.8 Å². The SMILES string of the molecule is O=C(COc1ccc(I)cc1)NC1CCN(C(=O)NC2CCCCC2)CC1. The molecule has 0 aromatic heterocycles. The lowest BCUT2D eigenvalue weighted by Gasteiger charge is -2.34. The molecule has 0 atom stereocenters. The van der Waals surface area contributed by atoms with Gasteiger partial charge in [-0.05, 0) is 72.5 Å². The number of hydrogen-bond acceptors (Lipinski definition) is 3. The predicted molar refractivity (Wildman–Crippen MR) is 113 cm³/mol. The highest BCUT2D eigenvalue weighted by Gasteiger charge is 2.25. The van der Waals surface area contributed by atoms with Gasteiger partial charge in [0.1, 0.15) is 5.75 Å². The molecule has 0 bridgehead atoms. The van der Waals surface area contributed by atoms with Crippen molar-refractivity contribution >= 4 is 34.5 Å². The summed E-state index contributed by atoms with van der Waals surface area (Å²) in [6.45, 7) is 1.38. The summed E-state index contributed by atoms with van der Waals surface area (Å²) in [4.78, 5) is 26.4. The molecule has 2 N–H and O–H groups in total. The van der Waals surface area contributed by atoms with Gasteiger partial charge in [0, 0.05) is 28.7 Å². The number of carbonyl (C=O) groups excluding carboxylic acids is 2. The van der Waals surface area contributed by atoms with E-state index in [0.717, 1.165) is 29.3 Å². The zero-order valence-corrected chi connectivity index (χ0v) is 17.7. The second-order valence-corrected chi connectivity index (χ2v) is 8.60.